The fraction of sp³-hybridized carbons (Fsp3) is 0.435. The van der Waals surface area contributed by atoms with Gasteiger partial charge in [-0.3, -0.25) is 19.4 Å². The normalized spacial score (nSPS) is 16.2. The van der Waals surface area contributed by atoms with E-state index in [1.807, 2.05) is 30.3 Å². The van der Waals surface area contributed by atoms with E-state index in [4.69, 9.17) is 11.5 Å². The maximum Gasteiger partial charge on any atom is 0.243 e. The number of aliphatic imine (C=N–C) groups is 1. The molecule has 176 valence electrons. The Morgan fingerprint density at radius 2 is 2.03 bits per heavy atom. The Labute approximate surface area is 197 Å². The molecule has 33 heavy (non-hydrogen) atoms. The van der Waals surface area contributed by atoms with E-state index in [-0.39, 0.29) is 23.6 Å². The summed E-state index contributed by atoms with van der Waals surface area (Å²) in [5.41, 5.74) is 11.8. The predicted molar refractivity (Wildman–Crippen MR) is 128 cm³/mol. The maximum absolute atomic E-state index is 13.1. The number of thiazole rings is 1. The van der Waals surface area contributed by atoms with Crippen LogP contribution in [0.25, 0.3) is 0 Å². The first-order valence-electron chi connectivity index (χ1n) is 11.1. The summed E-state index contributed by atoms with van der Waals surface area (Å²) in [5, 5.41) is 4.92. The quantitative estimate of drug-likeness (QED) is 0.196. The molecular weight excluding hydrogens is 440 g/mol. The van der Waals surface area contributed by atoms with Gasteiger partial charge >= 0.3 is 0 Å². The highest BCUT2D eigenvalue weighted by Crippen LogP contribution is 2.20. The van der Waals surface area contributed by atoms with Gasteiger partial charge in [-0.25, -0.2) is 4.98 Å². The average Bonchev–Trinajstić information content (AvgIpc) is 3.52. The minimum atomic E-state index is -0.750. The number of aromatic nitrogens is 1. The predicted octanol–water partition coefficient (Wildman–Crippen LogP) is 1.49. The minimum Gasteiger partial charge on any atom is -0.370 e. The van der Waals surface area contributed by atoms with Gasteiger partial charge in [-0.15, -0.1) is 11.3 Å². The first kappa shape index (κ1) is 24.4. The van der Waals surface area contributed by atoms with Crippen molar-refractivity contribution < 1.29 is 14.4 Å². The number of aryl methyl sites for hydroxylation is 1. The lowest BCUT2D eigenvalue weighted by molar-refractivity contribution is -0.138. The minimum absolute atomic E-state index is 0.0163. The van der Waals surface area contributed by atoms with Crippen LogP contribution in [0.15, 0.2) is 46.9 Å². The van der Waals surface area contributed by atoms with Crippen LogP contribution in [0.4, 0.5) is 0 Å². The van der Waals surface area contributed by atoms with Crippen LogP contribution in [-0.4, -0.2) is 58.6 Å². The molecule has 9 nitrogen and oxygen atoms in total. The number of rotatable bonds is 11. The van der Waals surface area contributed by atoms with Crippen molar-refractivity contribution in [3.63, 3.8) is 0 Å². The Kier molecular flexibility index (Phi) is 8.94. The molecule has 3 rings (SSSR count). The number of ketones is 1. The Morgan fingerprint density at radius 3 is 2.73 bits per heavy atom. The lowest BCUT2D eigenvalue weighted by Gasteiger charge is -2.26. The second-order valence-corrected chi connectivity index (χ2v) is 8.84. The van der Waals surface area contributed by atoms with Crippen LogP contribution in [0.3, 0.4) is 0 Å². The zero-order chi connectivity index (χ0) is 23.6. The summed E-state index contributed by atoms with van der Waals surface area (Å²) in [6.07, 6.45) is 4.74. The summed E-state index contributed by atoms with van der Waals surface area (Å²) in [4.78, 5) is 48.6. The van der Waals surface area contributed by atoms with E-state index in [1.54, 1.807) is 16.5 Å². The van der Waals surface area contributed by atoms with Crippen LogP contribution < -0.4 is 16.8 Å². The molecule has 1 fully saturated rings. The molecule has 1 aromatic heterocycles. The number of amides is 2. The van der Waals surface area contributed by atoms with Crippen molar-refractivity contribution >= 4 is 34.9 Å². The monoisotopic (exact) mass is 470 g/mol. The summed E-state index contributed by atoms with van der Waals surface area (Å²) < 4.78 is 0. The molecule has 1 saturated heterocycles. The van der Waals surface area contributed by atoms with Crippen molar-refractivity contribution in [3.8, 4) is 0 Å². The van der Waals surface area contributed by atoms with Gasteiger partial charge in [-0.1, -0.05) is 30.3 Å². The maximum atomic E-state index is 13.1. The van der Waals surface area contributed by atoms with Crippen LogP contribution >= 0.6 is 11.3 Å². The lowest BCUT2D eigenvalue weighted by atomic mass is 10.1. The van der Waals surface area contributed by atoms with Gasteiger partial charge in [-0.05, 0) is 37.7 Å². The SMILES string of the molecule is NC(N)=NCCC[C@@H](NC(=O)[C@@H]1CCCN1C(=O)CCc1ccccc1)C(=O)c1nccs1. The highest BCUT2D eigenvalue weighted by Gasteiger charge is 2.35. The number of guanidine groups is 1. The fourth-order valence-electron chi connectivity index (χ4n) is 3.91. The third-order valence-electron chi connectivity index (χ3n) is 5.57. The summed E-state index contributed by atoms with van der Waals surface area (Å²) in [7, 11) is 0. The van der Waals surface area contributed by atoms with Gasteiger partial charge in [0.05, 0.1) is 6.04 Å². The molecule has 1 aliphatic heterocycles. The number of hydrogen-bond donors (Lipinski definition) is 3. The Morgan fingerprint density at radius 1 is 1.24 bits per heavy atom. The van der Waals surface area contributed by atoms with Gasteiger partial charge in [0.1, 0.15) is 6.04 Å². The second kappa shape index (κ2) is 12.1. The van der Waals surface area contributed by atoms with Gasteiger partial charge in [0.25, 0.3) is 0 Å². The molecule has 5 N–H and O–H groups in total. The molecule has 2 aromatic rings. The molecule has 0 bridgehead atoms. The van der Waals surface area contributed by atoms with E-state index >= 15 is 0 Å². The van der Waals surface area contributed by atoms with Gasteiger partial charge in [-0.2, -0.15) is 0 Å². The van der Waals surface area contributed by atoms with E-state index in [2.05, 4.69) is 15.3 Å². The van der Waals surface area contributed by atoms with Crippen molar-refractivity contribution in [2.24, 2.45) is 16.5 Å². The van der Waals surface area contributed by atoms with Crippen LogP contribution in [0.2, 0.25) is 0 Å². The van der Waals surface area contributed by atoms with Gasteiger partial charge in [0.15, 0.2) is 11.0 Å². The van der Waals surface area contributed by atoms with E-state index in [0.717, 1.165) is 12.0 Å². The Balaban J connectivity index is 1.62. The summed E-state index contributed by atoms with van der Waals surface area (Å²) in [6.45, 7) is 0.897. The highest BCUT2D eigenvalue weighted by molar-refractivity contribution is 7.11. The first-order valence-corrected chi connectivity index (χ1v) is 12.0. The van der Waals surface area contributed by atoms with Gasteiger partial charge in [0.2, 0.25) is 17.6 Å². The topological polar surface area (TPSA) is 144 Å². The van der Waals surface area contributed by atoms with Crippen LogP contribution in [0.1, 0.15) is 47.5 Å². The third kappa shape index (κ3) is 7.11. The molecule has 2 amide bonds. The van der Waals surface area contributed by atoms with E-state index in [0.29, 0.717) is 50.2 Å². The zero-order valence-electron chi connectivity index (χ0n) is 18.5. The van der Waals surface area contributed by atoms with E-state index in [9.17, 15) is 14.4 Å². The number of nitrogens with zero attached hydrogens (tertiary/aromatic N) is 3. The van der Waals surface area contributed by atoms with Crippen LogP contribution in [0.5, 0.6) is 0 Å². The largest absolute Gasteiger partial charge is 0.370 e. The summed E-state index contributed by atoms with van der Waals surface area (Å²) >= 11 is 1.23. The number of nitrogens with two attached hydrogens (primary N) is 2. The molecule has 0 saturated carbocycles. The third-order valence-corrected chi connectivity index (χ3v) is 6.36. The Bertz CT molecular complexity index is 960. The Hall–Kier alpha value is -3.27. The van der Waals surface area contributed by atoms with Crippen molar-refractivity contribution in [1.29, 1.82) is 0 Å². The van der Waals surface area contributed by atoms with E-state index in [1.165, 1.54) is 11.3 Å². The van der Waals surface area contributed by atoms with Gasteiger partial charge < -0.3 is 21.7 Å². The molecular formula is C23H30N6O3S. The van der Waals surface area contributed by atoms with Gasteiger partial charge in [0, 0.05) is 31.1 Å². The van der Waals surface area contributed by atoms with Crippen molar-refractivity contribution in [2.75, 3.05) is 13.1 Å². The van der Waals surface area contributed by atoms with Crippen LogP contribution in [-0.2, 0) is 16.0 Å². The number of carbonyl (C=O) groups excluding carboxylic acids is 3. The number of benzene rings is 1. The van der Waals surface area contributed by atoms with Crippen molar-refractivity contribution in [1.82, 2.24) is 15.2 Å². The standard InChI is InChI=1S/C23H30N6O3S/c24-23(25)27-12-4-8-17(20(31)22-26-13-15-33-22)28-21(32)18-9-5-14-29(18)19(30)11-10-16-6-2-1-3-7-16/h1-3,6-7,13,15,17-18H,4-5,8-12,14H2,(H,28,32)(H4,24,25,27)/t17-,18+/m1/s1. The van der Waals surface area contributed by atoms with E-state index < -0.39 is 12.1 Å². The molecule has 0 aliphatic carbocycles. The molecule has 2 heterocycles. The lowest BCUT2D eigenvalue weighted by Crippen LogP contribution is -2.51. The summed E-state index contributed by atoms with van der Waals surface area (Å²) in [5.74, 6) is -0.621. The fourth-order valence-corrected chi connectivity index (χ4v) is 4.54. The second-order valence-electron chi connectivity index (χ2n) is 7.94. The number of carbonyl (C=O) groups is 3. The molecule has 10 heteroatoms. The number of nitrogens with one attached hydrogen (secondary N) is 1. The average molecular weight is 471 g/mol. The van der Waals surface area contributed by atoms with Crippen molar-refractivity contribution in [3.05, 3.63) is 52.5 Å². The molecule has 0 radical (unpaired) electrons. The highest BCUT2D eigenvalue weighted by atomic mass is 32.1. The number of hydrogen-bond acceptors (Lipinski definition) is 6. The molecule has 0 unspecified atom stereocenters. The number of Topliss-reactive ketones (excluding diaryl/α,β-unsaturated/α-hetero) is 1. The molecule has 1 aliphatic rings. The molecule has 1 aromatic carbocycles. The first-order chi connectivity index (χ1) is 16.0. The molecule has 2 atom stereocenters. The zero-order valence-corrected chi connectivity index (χ0v) is 19.3. The smallest absolute Gasteiger partial charge is 0.243 e. The summed E-state index contributed by atoms with van der Waals surface area (Å²) in [6, 6.07) is 8.47. The molecule has 0 spiro atoms. The number of likely N-dealkylation sites (tertiary alicyclic amines) is 1. The van der Waals surface area contributed by atoms with Crippen molar-refractivity contribution in [2.45, 2.75) is 50.6 Å². The van der Waals surface area contributed by atoms with Crippen LogP contribution in [0, 0.1) is 0 Å².